The van der Waals surface area contributed by atoms with Crippen molar-refractivity contribution in [3.63, 3.8) is 0 Å². The highest BCUT2D eigenvalue weighted by Crippen LogP contribution is 2.37. The molecule has 1 unspecified atom stereocenters. The molecule has 5 heterocycles. The van der Waals surface area contributed by atoms with Crippen LogP contribution < -0.4 is 4.90 Å². The van der Waals surface area contributed by atoms with Crippen LogP contribution in [0.3, 0.4) is 0 Å². The zero-order valence-electron chi connectivity index (χ0n) is 14.9. The van der Waals surface area contributed by atoms with E-state index in [2.05, 4.69) is 20.1 Å². The Morgan fingerprint density at radius 3 is 2.72 bits per heavy atom. The number of aromatic amines is 1. The van der Waals surface area contributed by atoms with Crippen molar-refractivity contribution in [2.45, 2.75) is 18.6 Å². The lowest BCUT2D eigenvalue weighted by Crippen LogP contribution is -2.37. The van der Waals surface area contributed by atoms with Gasteiger partial charge in [-0.2, -0.15) is 18.3 Å². The number of rotatable bonds is 2. The molecule has 148 valence electrons. The second kappa shape index (κ2) is 6.29. The highest BCUT2D eigenvalue weighted by Gasteiger charge is 2.35. The Morgan fingerprint density at radius 2 is 2.00 bits per heavy atom. The molecule has 29 heavy (non-hydrogen) atoms. The molecule has 0 radical (unpaired) electrons. The smallest absolute Gasteiger partial charge is 0.348 e. The second-order valence-electron chi connectivity index (χ2n) is 6.77. The van der Waals surface area contributed by atoms with Crippen LogP contribution in [-0.2, 0) is 12.6 Å². The highest BCUT2D eigenvalue weighted by atomic mass is 19.4. The average Bonchev–Trinajstić information content (AvgIpc) is 3.34. The van der Waals surface area contributed by atoms with Crippen LogP contribution in [0.5, 0.6) is 0 Å². The monoisotopic (exact) mass is 402 g/mol. The van der Waals surface area contributed by atoms with Crippen molar-refractivity contribution in [2.75, 3.05) is 11.4 Å². The van der Waals surface area contributed by atoms with Gasteiger partial charge in [-0.3, -0.25) is 0 Å². The first-order chi connectivity index (χ1) is 13.9. The molecule has 1 aliphatic heterocycles. The highest BCUT2D eigenvalue weighted by molar-refractivity contribution is 5.54. The molecule has 0 spiro atoms. The van der Waals surface area contributed by atoms with E-state index in [1.165, 1.54) is 16.6 Å². The first kappa shape index (κ1) is 17.7. The molecule has 0 aliphatic carbocycles. The van der Waals surface area contributed by atoms with Crippen LogP contribution in [0.15, 0.2) is 49.1 Å². The number of hydrogen-bond acceptors (Lipinski definition) is 4. The van der Waals surface area contributed by atoms with E-state index < -0.39 is 23.6 Å². The minimum Gasteiger partial charge on any atom is -0.348 e. The number of aromatic nitrogens is 5. The fourth-order valence-corrected chi connectivity index (χ4v) is 3.68. The van der Waals surface area contributed by atoms with Crippen LogP contribution in [0.2, 0.25) is 0 Å². The normalized spacial score (nSPS) is 17.0. The Balaban J connectivity index is 1.61. The lowest BCUT2D eigenvalue weighted by atomic mass is 9.99. The van der Waals surface area contributed by atoms with E-state index in [0.717, 1.165) is 18.0 Å². The summed E-state index contributed by atoms with van der Waals surface area (Å²) >= 11 is 0. The molecule has 0 saturated carbocycles. The fourth-order valence-electron chi connectivity index (χ4n) is 3.68. The Bertz CT molecular complexity index is 1180. The molecule has 6 nitrogen and oxygen atoms in total. The molecule has 0 saturated heterocycles. The first-order valence-electron chi connectivity index (χ1n) is 8.87. The number of imidazole rings is 1. The number of anilines is 1. The maximum absolute atomic E-state index is 14.2. The first-order valence-corrected chi connectivity index (χ1v) is 8.87. The summed E-state index contributed by atoms with van der Waals surface area (Å²) in [6.45, 7) is 0.495. The zero-order chi connectivity index (χ0) is 20.2. The zero-order valence-corrected chi connectivity index (χ0v) is 14.9. The molecule has 0 aromatic carbocycles. The van der Waals surface area contributed by atoms with Crippen molar-refractivity contribution in [3.05, 3.63) is 77.5 Å². The summed E-state index contributed by atoms with van der Waals surface area (Å²) in [6.07, 6.45) is 0.183. The third-order valence-corrected chi connectivity index (χ3v) is 5.04. The van der Waals surface area contributed by atoms with Gasteiger partial charge in [0, 0.05) is 31.1 Å². The molecule has 1 atom stereocenters. The predicted molar refractivity (Wildman–Crippen MR) is 95.9 cm³/mol. The van der Waals surface area contributed by atoms with E-state index in [1.807, 2.05) is 4.90 Å². The van der Waals surface area contributed by atoms with Crippen LogP contribution in [-0.4, -0.2) is 31.1 Å². The van der Waals surface area contributed by atoms with E-state index in [9.17, 15) is 17.6 Å². The molecule has 0 fully saturated rings. The SMILES string of the molecule is Fc1cccn2nc(C3c4nc[nH]c4CCN3c3ccc(C(F)(F)F)cn3)cc12. The molecule has 0 amide bonds. The van der Waals surface area contributed by atoms with Crippen molar-refractivity contribution in [1.82, 2.24) is 24.6 Å². The van der Waals surface area contributed by atoms with Crippen molar-refractivity contribution in [3.8, 4) is 0 Å². The lowest BCUT2D eigenvalue weighted by Gasteiger charge is -2.34. The van der Waals surface area contributed by atoms with Crippen LogP contribution >= 0.6 is 0 Å². The molecule has 1 N–H and O–H groups in total. The number of nitrogens with zero attached hydrogens (tertiary/aromatic N) is 5. The Hall–Kier alpha value is -3.43. The average molecular weight is 402 g/mol. The molecule has 4 aromatic rings. The number of alkyl halides is 3. The number of halogens is 4. The summed E-state index contributed by atoms with van der Waals surface area (Å²) < 4.78 is 54.3. The molecule has 5 rings (SSSR count). The quantitative estimate of drug-likeness (QED) is 0.519. The van der Waals surface area contributed by atoms with Gasteiger partial charge >= 0.3 is 6.18 Å². The lowest BCUT2D eigenvalue weighted by molar-refractivity contribution is -0.137. The summed E-state index contributed by atoms with van der Waals surface area (Å²) in [5, 5.41) is 4.48. The minimum absolute atomic E-state index is 0.311. The summed E-state index contributed by atoms with van der Waals surface area (Å²) in [5.74, 6) is -0.0438. The van der Waals surface area contributed by atoms with Gasteiger partial charge in [0.15, 0.2) is 0 Å². The van der Waals surface area contributed by atoms with Gasteiger partial charge in [-0.1, -0.05) is 0 Å². The van der Waals surface area contributed by atoms with Crippen molar-refractivity contribution >= 4 is 11.3 Å². The topological polar surface area (TPSA) is 62.1 Å². The van der Waals surface area contributed by atoms with E-state index in [4.69, 9.17) is 0 Å². The number of nitrogens with one attached hydrogen (secondary N) is 1. The number of hydrogen-bond donors (Lipinski definition) is 1. The standard InChI is InChI=1S/C19H14F4N6/c20-12-2-1-6-29-15(12)8-14(27-29)18-17-13(25-10-26-17)5-7-28(18)16-4-3-11(9-24-16)19(21,22)23/h1-4,6,8-10,18H,5,7H2,(H,25,26). The minimum atomic E-state index is -4.46. The maximum Gasteiger partial charge on any atom is 0.417 e. The fraction of sp³-hybridized carbons (Fsp3) is 0.211. The van der Waals surface area contributed by atoms with Crippen LogP contribution in [0.1, 0.15) is 28.7 Å². The van der Waals surface area contributed by atoms with Crippen LogP contribution in [0, 0.1) is 5.82 Å². The van der Waals surface area contributed by atoms with Crippen molar-refractivity contribution < 1.29 is 17.6 Å². The summed E-state index contributed by atoms with van der Waals surface area (Å²) in [7, 11) is 0. The van der Waals surface area contributed by atoms with Gasteiger partial charge in [0.05, 0.1) is 23.3 Å². The Labute approximate surface area is 161 Å². The summed E-state index contributed by atoms with van der Waals surface area (Å²) in [5.41, 5.74) is 1.64. The summed E-state index contributed by atoms with van der Waals surface area (Å²) in [4.78, 5) is 13.3. The van der Waals surface area contributed by atoms with E-state index in [0.29, 0.717) is 35.7 Å². The van der Waals surface area contributed by atoms with Crippen molar-refractivity contribution in [1.29, 1.82) is 0 Å². The molecular weight excluding hydrogens is 388 g/mol. The van der Waals surface area contributed by atoms with E-state index in [1.54, 1.807) is 24.7 Å². The predicted octanol–water partition coefficient (Wildman–Crippen LogP) is 3.76. The van der Waals surface area contributed by atoms with Gasteiger partial charge in [0.2, 0.25) is 0 Å². The summed E-state index contributed by atoms with van der Waals surface area (Å²) in [6, 6.07) is 6.35. The number of pyridine rings is 2. The van der Waals surface area contributed by atoms with Crippen molar-refractivity contribution in [2.24, 2.45) is 0 Å². The Kier molecular flexibility index (Phi) is 3.83. The maximum atomic E-state index is 14.2. The van der Waals surface area contributed by atoms with Gasteiger partial charge in [-0.05, 0) is 30.3 Å². The third kappa shape index (κ3) is 2.91. The van der Waals surface area contributed by atoms with E-state index in [-0.39, 0.29) is 0 Å². The molecule has 4 aromatic heterocycles. The Morgan fingerprint density at radius 1 is 1.14 bits per heavy atom. The van der Waals surface area contributed by atoms with Gasteiger partial charge < -0.3 is 9.88 Å². The molecule has 1 aliphatic rings. The van der Waals surface area contributed by atoms with E-state index >= 15 is 0 Å². The molecule has 10 heteroatoms. The molecule has 0 bridgehead atoms. The number of H-pyrrole nitrogens is 1. The largest absolute Gasteiger partial charge is 0.417 e. The third-order valence-electron chi connectivity index (χ3n) is 5.04. The molecular formula is C19H14F4N6. The van der Waals surface area contributed by atoms with Crippen LogP contribution in [0.4, 0.5) is 23.4 Å². The second-order valence-corrected chi connectivity index (χ2v) is 6.77. The van der Waals surface area contributed by atoms with Gasteiger partial charge in [-0.15, -0.1) is 0 Å². The van der Waals surface area contributed by atoms with Gasteiger partial charge in [-0.25, -0.2) is 18.9 Å². The number of fused-ring (bicyclic) bond motifs is 2. The van der Waals surface area contributed by atoms with Crippen LogP contribution in [0.25, 0.3) is 5.52 Å². The van der Waals surface area contributed by atoms with Gasteiger partial charge in [0.25, 0.3) is 0 Å². The van der Waals surface area contributed by atoms with Gasteiger partial charge in [0.1, 0.15) is 23.2 Å².